The third kappa shape index (κ3) is 6.97. The molecule has 1 aromatic heterocycles. The molecule has 29 heavy (non-hydrogen) atoms. The van der Waals surface area contributed by atoms with Gasteiger partial charge in [0.25, 0.3) is 5.91 Å². The molecule has 3 rings (SSSR count). The zero-order valence-electron chi connectivity index (χ0n) is 14.6. The summed E-state index contributed by atoms with van der Waals surface area (Å²) in [6, 6.07) is 11.9. The fraction of sp³-hybridized carbons (Fsp3) is 0.111. The van der Waals surface area contributed by atoms with Crippen molar-refractivity contribution >= 4 is 70.2 Å². The summed E-state index contributed by atoms with van der Waals surface area (Å²) in [4.78, 5) is 11.9. The van der Waals surface area contributed by atoms with Crippen molar-refractivity contribution in [2.75, 3.05) is 5.75 Å². The lowest BCUT2D eigenvalue weighted by Crippen LogP contribution is -2.19. The smallest absolute Gasteiger partial charge is 0.250 e. The minimum Gasteiger partial charge on any atom is -0.272 e. The van der Waals surface area contributed by atoms with Gasteiger partial charge >= 0.3 is 0 Å². The number of aromatic nitrogens is 2. The maximum atomic E-state index is 13.6. The lowest BCUT2D eigenvalue weighted by atomic mass is 10.2. The van der Waals surface area contributed by atoms with Crippen LogP contribution in [0.15, 0.2) is 56.2 Å². The average Bonchev–Trinajstić information content (AvgIpc) is 3.16. The van der Waals surface area contributed by atoms with Crippen molar-refractivity contribution < 1.29 is 9.18 Å². The van der Waals surface area contributed by atoms with Crippen LogP contribution in [0.3, 0.4) is 0 Å². The minimum absolute atomic E-state index is 0.110. The van der Waals surface area contributed by atoms with Crippen molar-refractivity contribution in [1.29, 1.82) is 0 Å². The van der Waals surface area contributed by atoms with Crippen LogP contribution in [0.4, 0.5) is 4.39 Å². The zero-order valence-corrected chi connectivity index (χ0v) is 18.6. The fourth-order valence-corrected chi connectivity index (χ4v) is 5.11. The Morgan fingerprint density at radius 1 is 1.14 bits per heavy atom. The summed E-state index contributed by atoms with van der Waals surface area (Å²) < 4.78 is 15.1. The van der Waals surface area contributed by atoms with E-state index in [-0.39, 0.29) is 22.2 Å². The summed E-state index contributed by atoms with van der Waals surface area (Å²) in [6.07, 6.45) is 1.18. The maximum Gasteiger partial charge on any atom is 0.250 e. The number of carbonyl (C=O) groups excluding carboxylic acids is 1. The highest BCUT2D eigenvalue weighted by atomic mass is 35.5. The van der Waals surface area contributed by atoms with Crippen molar-refractivity contribution in [3.05, 3.63) is 69.5 Å². The van der Waals surface area contributed by atoms with Crippen LogP contribution < -0.4 is 5.43 Å². The minimum atomic E-state index is -0.512. The third-order valence-corrected chi connectivity index (χ3v) is 7.22. The van der Waals surface area contributed by atoms with E-state index in [2.05, 4.69) is 20.7 Å². The first-order valence-corrected chi connectivity index (χ1v) is 11.6. The molecule has 0 fully saturated rings. The molecule has 2 aromatic carbocycles. The highest BCUT2D eigenvalue weighted by Gasteiger charge is 2.09. The molecular weight excluding hydrogens is 474 g/mol. The molecule has 0 atom stereocenters. The van der Waals surface area contributed by atoms with Crippen molar-refractivity contribution in [3.63, 3.8) is 0 Å². The normalized spacial score (nSPS) is 11.1. The fourth-order valence-electron chi connectivity index (χ4n) is 2.00. The number of rotatable bonds is 8. The molecule has 150 valence electrons. The van der Waals surface area contributed by atoms with Gasteiger partial charge in [0, 0.05) is 16.3 Å². The number of carbonyl (C=O) groups is 1. The summed E-state index contributed by atoms with van der Waals surface area (Å²) in [7, 11) is 0. The van der Waals surface area contributed by atoms with Crippen LogP contribution in [-0.4, -0.2) is 28.1 Å². The average molecular weight is 487 g/mol. The van der Waals surface area contributed by atoms with Gasteiger partial charge in [-0.25, -0.2) is 9.82 Å². The second-order valence-corrected chi connectivity index (χ2v) is 9.73. The first-order chi connectivity index (χ1) is 14.0. The van der Waals surface area contributed by atoms with Crippen molar-refractivity contribution in [2.24, 2.45) is 5.10 Å². The first-order valence-electron chi connectivity index (χ1n) is 8.11. The number of thioether (sulfide) groups is 2. The topological polar surface area (TPSA) is 67.2 Å². The van der Waals surface area contributed by atoms with Crippen LogP contribution in [0.25, 0.3) is 0 Å². The van der Waals surface area contributed by atoms with Crippen molar-refractivity contribution in [3.8, 4) is 0 Å². The second-order valence-electron chi connectivity index (χ2n) is 5.47. The summed E-state index contributed by atoms with van der Waals surface area (Å²) in [5.74, 6) is 0.00923. The molecule has 1 amide bonds. The SMILES string of the molecule is O=C(CSc1nnc(SCc2ccc(Cl)cc2)s1)NN=Cc1c(F)cccc1Cl. The van der Waals surface area contributed by atoms with E-state index in [9.17, 15) is 9.18 Å². The molecule has 0 aliphatic carbocycles. The Morgan fingerprint density at radius 2 is 1.86 bits per heavy atom. The Balaban J connectivity index is 1.43. The Kier molecular flexibility index (Phi) is 8.31. The van der Waals surface area contributed by atoms with E-state index in [1.165, 1.54) is 41.4 Å². The lowest BCUT2D eigenvalue weighted by molar-refractivity contribution is -0.118. The van der Waals surface area contributed by atoms with E-state index in [1.807, 2.05) is 24.3 Å². The largest absolute Gasteiger partial charge is 0.272 e. The van der Waals surface area contributed by atoms with Crippen molar-refractivity contribution in [1.82, 2.24) is 15.6 Å². The number of amides is 1. The molecule has 1 heterocycles. The monoisotopic (exact) mass is 486 g/mol. The lowest BCUT2D eigenvalue weighted by Gasteiger charge is -2.00. The number of nitrogens with zero attached hydrogens (tertiary/aromatic N) is 3. The summed E-state index contributed by atoms with van der Waals surface area (Å²) in [6.45, 7) is 0. The van der Waals surface area contributed by atoms with Crippen molar-refractivity contribution in [2.45, 2.75) is 14.4 Å². The molecule has 1 N–H and O–H groups in total. The standard InChI is InChI=1S/C18H13Cl2FN4OS3/c19-12-6-4-11(5-7-12)9-27-17-24-25-18(29-17)28-10-16(26)23-22-8-13-14(20)2-1-3-15(13)21/h1-8H,9-10H2,(H,23,26). The molecule has 5 nitrogen and oxygen atoms in total. The van der Waals surface area contributed by atoms with E-state index in [4.69, 9.17) is 23.2 Å². The third-order valence-electron chi connectivity index (χ3n) is 3.37. The van der Waals surface area contributed by atoms with E-state index in [0.717, 1.165) is 15.7 Å². The van der Waals surface area contributed by atoms with Crippen LogP contribution in [0.5, 0.6) is 0 Å². The van der Waals surface area contributed by atoms with Crippen LogP contribution in [0.1, 0.15) is 11.1 Å². The van der Waals surface area contributed by atoms with E-state index >= 15 is 0 Å². The molecule has 0 radical (unpaired) electrons. The molecule has 0 unspecified atom stereocenters. The van der Waals surface area contributed by atoms with Gasteiger partial charge in [0.2, 0.25) is 0 Å². The summed E-state index contributed by atoms with van der Waals surface area (Å²) in [5, 5.41) is 12.8. The highest BCUT2D eigenvalue weighted by Crippen LogP contribution is 2.30. The van der Waals surface area contributed by atoms with Crippen LogP contribution in [0.2, 0.25) is 10.0 Å². The van der Waals surface area contributed by atoms with Gasteiger partial charge in [-0.1, -0.05) is 76.3 Å². The quantitative estimate of drug-likeness (QED) is 0.258. The molecule has 0 aliphatic heterocycles. The summed E-state index contributed by atoms with van der Waals surface area (Å²) >= 11 is 16.0. The Labute approximate surface area is 189 Å². The van der Waals surface area contributed by atoms with Gasteiger partial charge in [-0.05, 0) is 29.8 Å². The molecule has 0 bridgehead atoms. The molecule has 11 heteroatoms. The molecule has 3 aromatic rings. The van der Waals surface area contributed by atoms with Gasteiger partial charge in [-0.3, -0.25) is 4.79 Å². The van der Waals surface area contributed by atoms with Crippen LogP contribution in [-0.2, 0) is 10.5 Å². The Morgan fingerprint density at radius 3 is 2.59 bits per heavy atom. The summed E-state index contributed by atoms with van der Waals surface area (Å²) in [5.41, 5.74) is 3.59. The van der Waals surface area contributed by atoms with Gasteiger partial charge < -0.3 is 0 Å². The first kappa shape index (κ1) is 22.0. The zero-order chi connectivity index (χ0) is 20.6. The predicted molar refractivity (Wildman–Crippen MR) is 119 cm³/mol. The van der Waals surface area contributed by atoms with Gasteiger partial charge in [-0.15, -0.1) is 10.2 Å². The molecule has 0 aliphatic rings. The van der Waals surface area contributed by atoms with Gasteiger partial charge in [-0.2, -0.15) is 5.10 Å². The number of nitrogens with one attached hydrogen (secondary N) is 1. The number of halogens is 3. The van der Waals surface area contributed by atoms with E-state index < -0.39 is 5.82 Å². The Hall–Kier alpha value is -1.65. The van der Waals surface area contributed by atoms with Crippen LogP contribution in [0, 0.1) is 5.82 Å². The molecule has 0 saturated carbocycles. The predicted octanol–water partition coefficient (Wildman–Crippen LogP) is 5.52. The molecular formula is C18H13Cl2FN4OS3. The molecule has 0 spiro atoms. The van der Waals surface area contributed by atoms with Crippen LogP contribution >= 0.6 is 58.1 Å². The number of hydrogen-bond acceptors (Lipinski definition) is 7. The number of benzene rings is 2. The van der Waals surface area contributed by atoms with Gasteiger partial charge in [0.05, 0.1) is 17.0 Å². The highest BCUT2D eigenvalue weighted by molar-refractivity contribution is 8.03. The van der Waals surface area contributed by atoms with E-state index in [1.54, 1.807) is 17.8 Å². The number of hydrogen-bond donors (Lipinski definition) is 1. The molecule has 0 saturated heterocycles. The second kappa shape index (κ2) is 10.9. The number of hydrazone groups is 1. The Bertz CT molecular complexity index is 994. The van der Waals surface area contributed by atoms with E-state index in [0.29, 0.717) is 9.36 Å². The van der Waals surface area contributed by atoms with Gasteiger partial charge in [0.1, 0.15) is 5.82 Å². The van der Waals surface area contributed by atoms with Gasteiger partial charge in [0.15, 0.2) is 8.68 Å². The maximum absolute atomic E-state index is 13.6.